The van der Waals surface area contributed by atoms with Gasteiger partial charge < -0.3 is 21.1 Å². The van der Waals surface area contributed by atoms with Crippen molar-refractivity contribution in [1.29, 1.82) is 0 Å². The average molecular weight is 185 g/mol. The lowest BCUT2D eigenvalue weighted by Gasteiger charge is -1.92. The normalized spacial score (nSPS) is 11.5. The van der Waals surface area contributed by atoms with Crippen LogP contribution in [0.3, 0.4) is 0 Å². The van der Waals surface area contributed by atoms with E-state index in [0.29, 0.717) is 0 Å². The smallest absolute Gasteiger partial charge is 0.389 e. The van der Waals surface area contributed by atoms with Crippen LogP contribution in [-0.2, 0) is 6.54 Å². The van der Waals surface area contributed by atoms with Crippen molar-refractivity contribution in [2.75, 3.05) is 0 Å². The first-order chi connectivity index (χ1) is 6.13. The van der Waals surface area contributed by atoms with Gasteiger partial charge in [-0.3, -0.25) is 0 Å². The maximum atomic E-state index is 10.2. The average Bonchev–Trinajstić information content (AvgIpc) is 2.52. The lowest BCUT2D eigenvalue weighted by molar-refractivity contribution is -0.389. The van der Waals surface area contributed by atoms with Gasteiger partial charge in [-0.15, -0.1) is 0 Å². The van der Waals surface area contributed by atoms with Crippen molar-refractivity contribution in [1.82, 2.24) is 9.78 Å². The molecule has 0 saturated carbocycles. The van der Waals surface area contributed by atoms with Gasteiger partial charge in [0, 0.05) is 0 Å². The number of hydrogen-bond donors (Lipinski definition) is 2. The molecule has 70 valence electrons. The minimum atomic E-state index is -0.622. The van der Waals surface area contributed by atoms with E-state index < -0.39 is 4.92 Å². The number of oxime groups is 1. The van der Waals surface area contributed by atoms with Crippen LogP contribution in [0.15, 0.2) is 17.4 Å². The maximum Gasteiger partial charge on any atom is 0.389 e. The Morgan fingerprint density at radius 2 is 2.62 bits per heavy atom. The number of aromatic nitrogens is 2. The van der Waals surface area contributed by atoms with E-state index in [2.05, 4.69) is 10.3 Å². The summed E-state index contributed by atoms with van der Waals surface area (Å²) in [5.41, 5.74) is 5.16. The van der Waals surface area contributed by atoms with Crippen molar-refractivity contribution in [3.63, 3.8) is 0 Å². The number of nitrogens with two attached hydrogens (primary N) is 1. The molecule has 0 radical (unpaired) electrons. The van der Waals surface area contributed by atoms with Crippen molar-refractivity contribution in [2.45, 2.75) is 6.54 Å². The summed E-state index contributed by atoms with van der Waals surface area (Å²) in [5.74, 6) is -0.344. The first-order valence-corrected chi connectivity index (χ1v) is 3.27. The van der Waals surface area contributed by atoms with E-state index in [1.807, 2.05) is 0 Å². The zero-order chi connectivity index (χ0) is 9.84. The Kier molecular flexibility index (Phi) is 2.43. The van der Waals surface area contributed by atoms with Gasteiger partial charge in [-0.05, 0) is 4.92 Å². The monoisotopic (exact) mass is 185 g/mol. The molecule has 0 amide bonds. The van der Waals surface area contributed by atoms with Crippen LogP contribution in [0.2, 0.25) is 0 Å². The zero-order valence-electron chi connectivity index (χ0n) is 6.49. The molecule has 0 spiro atoms. The third-order valence-corrected chi connectivity index (χ3v) is 1.27. The summed E-state index contributed by atoms with van der Waals surface area (Å²) in [6, 6.07) is 1.23. The van der Waals surface area contributed by atoms with Crippen molar-refractivity contribution in [3.05, 3.63) is 22.4 Å². The molecular weight excluding hydrogens is 178 g/mol. The highest BCUT2D eigenvalue weighted by atomic mass is 16.6. The second-order valence-electron chi connectivity index (χ2n) is 2.22. The Balaban J connectivity index is 2.75. The largest absolute Gasteiger partial charge is 0.409 e. The summed E-state index contributed by atoms with van der Waals surface area (Å²) in [5, 5.41) is 24.6. The van der Waals surface area contributed by atoms with E-state index >= 15 is 0 Å². The number of rotatable bonds is 3. The molecule has 0 atom stereocenters. The highest BCUT2D eigenvalue weighted by Crippen LogP contribution is 2.04. The van der Waals surface area contributed by atoms with Crippen LogP contribution in [0.25, 0.3) is 0 Å². The van der Waals surface area contributed by atoms with Crippen LogP contribution < -0.4 is 5.73 Å². The molecule has 0 saturated heterocycles. The van der Waals surface area contributed by atoms with Gasteiger partial charge in [-0.2, -0.15) is 4.68 Å². The molecule has 0 fully saturated rings. The standard InChI is InChI=1S/C5H7N5O3/c6-4(8-11)3-9-2-1-5(7-9)10(12)13/h1-2,11H,3H2,(H2,6,8). The van der Waals surface area contributed by atoms with Crippen LogP contribution in [0.5, 0.6) is 0 Å². The fourth-order valence-electron chi connectivity index (χ4n) is 0.734. The summed E-state index contributed by atoms with van der Waals surface area (Å²) in [4.78, 5) is 9.57. The first-order valence-electron chi connectivity index (χ1n) is 3.27. The van der Waals surface area contributed by atoms with E-state index in [-0.39, 0.29) is 18.2 Å². The van der Waals surface area contributed by atoms with Gasteiger partial charge >= 0.3 is 5.82 Å². The number of amidine groups is 1. The lowest BCUT2D eigenvalue weighted by Crippen LogP contribution is -2.19. The predicted octanol–water partition coefficient (Wildman–Crippen LogP) is -0.462. The van der Waals surface area contributed by atoms with Crippen LogP contribution in [0.4, 0.5) is 5.82 Å². The third-order valence-electron chi connectivity index (χ3n) is 1.27. The highest BCUT2D eigenvalue weighted by Gasteiger charge is 2.10. The lowest BCUT2D eigenvalue weighted by atomic mass is 10.6. The Morgan fingerprint density at radius 1 is 1.92 bits per heavy atom. The molecule has 0 unspecified atom stereocenters. The summed E-state index contributed by atoms with van der Waals surface area (Å²) in [7, 11) is 0. The molecule has 1 heterocycles. The van der Waals surface area contributed by atoms with Gasteiger partial charge in [-0.1, -0.05) is 5.16 Å². The molecule has 0 aromatic carbocycles. The SMILES string of the molecule is N/C(Cn1ccc([N+](=O)[O-])n1)=N\O. The van der Waals surface area contributed by atoms with Gasteiger partial charge in [-0.25, -0.2) is 0 Å². The summed E-state index contributed by atoms with van der Waals surface area (Å²) >= 11 is 0. The molecule has 1 aromatic heterocycles. The number of nitrogens with zero attached hydrogens (tertiary/aromatic N) is 4. The molecule has 0 aliphatic heterocycles. The van der Waals surface area contributed by atoms with Gasteiger partial charge in [0.25, 0.3) is 0 Å². The Hall–Kier alpha value is -2.12. The van der Waals surface area contributed by atoms with Crippen molar-refractivity contribution < 1.29 is 10.1 Å². The molecule has 0 aliphatic rings. The first kappa shape index (κ1) is 8.97. The van der Waals surface area contributed by atoms with Crippen LogP contribution >= 0.6 is 0 Å². The van der Waals surface area contributed by atoms with Crippen molar-refractivity contribution in [2.24, 2.45) is 10.9 Å². The molecule has 8 nitrogen and oxygen atoms in total. The Bertz CT molecular complexity index is 344. The van der Waals surface area contributed by atoms with E-state index in [1.165, 1.54) is 16.9 Å². The molecule has 1 rings (SSSR count). The topological polar surface area (TPSA) is 120 Å². The molecule has 3 N–H and O–H groups in total. The summed E-state index contributed by atoms with van der Waals surface area (Å²) < 4.78 is 1.20. The fraction of sp³-hybridized carbons (Fsp3) is 0.200. The number of nitro groups is 1. The number of hydrogen-bond acceptors (Lipinski definition) is 5. The van der Waals surface area contributed by atoms with Crippen LogP contribution in [0.1, 0.15) is 0 Å². The maximum absolute atomic E-state index is 10.2. The molecule has 0 bridgehead atoms. The van der Waals surface area contributed by atoms with E-state index in [0.717, 1.165) is 0 Å². The van der Waals surface area contributed by atoms with Gasteiger partial charge in [0.2, 0.25) is 0 Å². The van der Waals surface area contributed by atoms with E-state index in [9.17, 15) is 10.1 Å². The molecule has 13 heavy (non-hydrogen) atoms. The van der Waals surface area contributed by atoms with Crippen molar-refractivity contribution >= 4 is 11.7 Å². The predicted molar refractivity (Wildman–Crippen MR) is 42.3 cm³/mol. The molecule has 1 aromatic rings. The summed E-state index contributed by atoms with van der Waals surface area (Å²) in [6.45, 7) is 0.0182. The molecular formula is C5H7N5O3. The molecule has 0 aliphatic carbocycles. The Labute approximate surface area is 72.4 Å². The van der Waals surface area contributed by atoms with Crippen LogP contribution in [-0.4, -0.2) is 25.7 Å². The second kappa shape index (κ2) is 3.52. The quantitative estimate of drug-likeness (QED) is 0.217. The molecule has 8 heteroatoms. The minimum absolute atomic E-state index is 0.0182. The van der Waals surface area contributed by atoms with Crippen molar-refractivity contribution in [3.8, 4) is 0 Å². The van der Waals surface area contributed by atoms with Gasteiger partial charge in [0.1, 0.15) is 6.54 Å². The van der Waals surface area contributed by atoms with Gasteiger partial charge in [0.15, 0.2) is 5.84 Å². The second-order valence-corrected chi connectivity index (χ2v) is 2.22. The summed E-state index contributed by atoms with van der Waals surface area (Å²) in [6.07, 6.45) is 1.37. The van der Waals surface area contributed by atoms with Crippen LogP contribution in [0, 0.1) is 10.1 Å². The minimum Gasteiger partial charge on any atom is -0.409 e. The van der Waals surface area contributed by atoms with Gasteiger partial charge in [0.05, 0.1) is 17.4 Å². The van der Waals surface area contributed by atoms with E-state index in [4.69, 9.17) is 10.9 Å². The fourth-order valence-corrected chi connectivity index (χ4v) is 0.734. The Morgan fingerprint density at radius 3 is 3.08 bits per heavy atom. The highest BCUT2D eigenvalue weighted by molar-refractivity contribution is 5.79. The van der Waals surface area contributed by atoms with E-state index in [1.54, 1.807) is 0 Å². The zero-order valence-corrected chi connectivity index (χ0v) is 6.49. The third kappa shape index (κ3) is 2.15.